The number of nitrogens with zero attached hydrogens (tertiary/aromatic N) is 3. The third-order valence-corrected chi connectivity index (χ3v) is 2.93. The van der Waals surface area contributed by atoms with E-state index >= 15 is 0 Å². The Labute approximate surface area is 124 Å². The van der Waals surface area contributed by atoms with Crippen LogP contribution >= 0.6 is 0 Å². The maximum atomic E-state index is 11.8. The van der Waals surface area contributed by atoms with Gasteiger partial charge in [-0.3, -0.25) is 4.79 Å². The van der Waals surface area contributed by atoms with Crippen molar-refractivity contribution in [2.45, 2.75) is 46.0 Å². The first-order chi connectivity index (χ1) is 10.2. The number of anilines is 1. The molecule has 0 saturated carbocycles. The zero-order valence-electron chi connectivity index (χ0n) is 12.4. The van der Waals surface area contributed by atoms with Crippen LogP contribution in [0.1, 0.15) is 43.6 Å². The summed E-state index contributed by atoms with van der Waals surface area (Å²) >= 11 is 0. The highest BCUT2D eigenvalue weighted by atomic mass is 16.5. The molecule has 0 saturated heterocycles. The molecule has 2 aromatic rings. The topological polar surface area (TPSA) is 80.9 Å². The lowest BCUT2D eigenvalue weighted by Gasteiger charge is -2.04. The van der Waals surface area contributed by atoms with Gasteiger partial charge in [-0.1, -0.05) is 18.1 Å². The third kappa shape index (κ3) is 4.98. The number of hydrogen-bond donors (Lipinski definition) is 1. The van der Waals surface area contributed by atoms with E-state index in [0.29, 0.717) is 31.0 Å². The molecular weight excluding hydrogens is 268 g/mol. The zero-order chi connectivity index (χ0) is 15.1. The molecule has 0 atom stereocenters. The van der Waals surface area contributed by atoms with E-state index in [1.165, 1.54) is 0 Å². The third-order valence-electron chi connectivity index (χ3n) is 2.93. The molecule has 6 heteroatoms. The maximum Gasteiger partial charge on any atom is 0.226 e. The summed E-state index contributed by atoms with van der Waals surface area (Å²) in [5.41, 5.74) is 0.877. The van der Waals surface area contributed by atoms with Gasteiger partial charge in [-0.2, -0.15) is 4.98 Å². The first-order valence-corrected chi connectivity index (χ1v) is 7.22. The van der Waals surface area contributed by atoms with Crippen LogP contribution in [0.25, 0.3) is 0 Å². The van der Waals surface area contributed by atoms with Gasteiger partial charge in [-0.15, -0.1) is 0 Å². The van der Waals surface area contributed by atoms with E-state index in [9.17, 15) is 4.79 Å². The quantitative estimate of drug-likeness (QED) is 0.847. The Hall–Kier alpha value is -2.24. The van der Waals surface area contributed by atoms with E-state index in [-0.39, 0.29) is 5.91 Å². The van der Waals surface area contributed by atoms with E-state index < -0.39 is 0 Å². The Bertz CT molecular complexity index is 595. The van der Waals surface area contributed by atoms with Crippen molar-refractivity contribution >= 4 is 11.7 Å². The van der Waals surface area contributed by atoms with Gasteiger partial charge in [-0.25, -0.2) is 4.98 Å². The molecule has 0 radical (unpaired) electrons. The standard InChI is InChI=1S/C15H20N4O2/c1-3-6-13-18-15(21-19-13)10-5-9-14(20)17-12-8-4-7-11(2)16-12/h4,7-8H,3,5-6,9-10H2,1-2H3,(H,16,17,20). The molecule has 2 rings (SSSR count). The zero-order valence-corrected chi connectivity index (χ0v) is 12.4. The molecule has 1 N–H and O–H groups in total. The van der Waals surface area contributed by atoms with Crippen LogP contribution in [0, 0.1) is 6.92 Å². The second-order valence-electron chi connectivity index (χ2n) is 4.92. The van der Waals surface area contributed by atoms with E-state index in [1.807, 2.05) is 19.1 Å². The Morgan fingerprint density at radius 1 is 1.29 bits per heavy atom. The highest BCUT2D eigenvalue weighted by Gasteiger charge is 2.08. The van der Waals surface area contributed by atoms with Gasteiger partial charge in [0.05, 0.1) is 0 Å². The molecule has 2 aromatic heterocycles. The number of rotatable bonds is 7. The van der Waals surface area contributed by atoms with Gasteiger partial charge in [0.15, 0.2) is 5.82 Å². The number of aromatic nitrogens is 3. The Kier molecular flexibility index (Phi) is 5.43. The van der Waals surface area contributed by atoms with Crippen LogP contribution in [0.3, 0.4) is 0 Å². The number of carbonyl (C=O) groups is 1. The smallest absolute Gasteiger partial charge is 0.226 e. The summed E-state index contributed by atoms with van der Waals surface area (Å²) in [6, 6.07) is 5.53. The van der Waals surface area contributed by atoms with Gasteiger partial charge < -0.3 is 9.84 Å². The number of amides is 1. The van der Waals surface area contributed by atoms with Crippen molar-refractivity contribution in [3.05, 3.63) is 35.6 Å². The van der Waals surface area contributed by atoms with Crippen LogP contribution in [0.4, 0.5) is 5.82 Å². The summed E-state index contributed by atoms with van der Waals surface area (Å²) in [5, 5.41) is 6.66. The normalized spacial score (nSPS) is 10.6. The van der Waals surface area contributed by atoms with Crippen LogP contribution in [0.15, 0.2) is 22.7 Å². The van der Waals surface area contributed by atoms with Crippen molar-refractivity contribution < 1.29 is 9.32 Å². The highest BCUT2D eigenvalue weighted by Crippen LogP contribution is 2.07. The maximum absolute atomic E-state index is 11.8. The molecule has 6 nitrogen and oxygen atoms in total. The minimum atomic E-state index is -0.0543. The summed E-state index contributed by atoms with van der Waals surface area (Å²) in [6.45, 7) is 3.96. The molecule has 21 heavy (non-hydrogen) atoms. The van der Waals surface area contributed by atoms with E-state index in [2.05, 4.69) is 27.4 Å². The molecule has 0 aromatic carbocycles. The Morgan fingerprint density at radius 2 is 2.14 bits per heavy atom. The number of hydrogen-bond acceptors (Lipinski definition) is 5. The lowest BCUT2D eigenvalue weighted by molar-refractivity contribution is -0.116. The predicted octanol–water partition coefficient (Wildman–Crippen LogP) is 2.69. The number of aryl methyl sites for hydroxylation is 3. The average Bonchev–Trinajstić information content (AvgIpc) is 2.87. The SMILES string of the molecule is CCCc1noc(CCCC(=O)Nc2cccc(C)n2)n1. The molecule has 0 aliphatic carbocycles. The molecule has 0 aliphatic heterocycles. The summed E-state index contributed by atoms with van der Waals surface area (Å²) in [4.78, 5) is 20.3. The number of nitrogens with one attached hydrogen (secondary N) is 1. The van der Waals surface area contributed by atoms with Crippen molar-refractivity contribution in [1.82, 2.24) is 15.1 Å². The van der Waals surface area contributed by atoms with Gasteiger partial charge >= 0.3 is 0 Å². The van der Waals surface area contributed by atoms with Crippen molar-refractivity contribution in [2.75, 3.05) is 5.32 Å². The molecule has 0 aliphatic rings. The first kappa shape index (κ1) is 15.2. The van der Waals surface area contributed by atoms with Crippen molar-refractivity contribution in [2.24, 2.45) is 0 Å². The van der Waals surface area contributed by atoms with E-state index in [4.69, 9.17) is 4.52 Å². The minimum Gasteiger partial charge on any atom is -0.339 e. The summed E-state index contributed by atoms with van der Waals surface area (Å²) in [6.07, 6.45) is 3.51. The Morgan fingerprint density at radius 3 is 2.90 bits per heavy atom. The highest BCUT2D eigenvalue weighted by molar-refractivity contribution is 5.89. The minimum absolute atomic E-state index is 0.0543. The van der Waals surface area contributed by atoms with Gasteiger partial charge in [0.25, 0.3) is 0 Å². The lowest BCUT2D eigenvalue weighted by atomic mass is 10.2. The monoisotopic (exact) mass is 288 g/mol. The van der Waals surface area contributed by atoms with Crippen molar-refractivity contribution in [1.29, 1.82) is 0 Å². The van der Waals surface area contributed by atoms with Gasteiger partial charge in [0, 0.05) is 25.0 Å². The van der Waals surface area contributed by atoms with Gasteiger partial charge in [0.2, 0.25) is 11.8 Å². The summed E-state index contributed by atoms with van der Waals surface area (Å²) in [7, 11) is 0. The molecule has 0 fully saturated rings. The molecule has 2 heterocycles. The van der Waals surface area contributed by atoms with Crippen LogP contribution < -0.4 is 5.32 Å². The molecule has 0 bridgehead atoms. The second-order valence-corrected chi connectivity index (χ2v) is 4.92. The second kappa shape index (κ2) is 7.52. The summed E-state index contributed by atoms with van der Waals surface area (Å²) < 4.78 is 5.13. The van der Waals surface area contributed by atoms with E-state index in [0.717, 1.165) is 24.4 Å². The molecular formula is C15H20N4O2. The average molecular weight is 288 g/mol. The first-order valence-electron chi connectivity index (χ1n) is 7.22. The molecule has 0 spiro atoms. The Balaban J connectivity index is 1.73. The fourth-order valence-corrected chi connectivity index (χ4v) is 1.94. The van der Waals surface area contributed by atoms with E-state index in [1.54, 1.807) is 6.07 Å². The predicted molar refractivity (Wildman–Crippen MR) is 78.8 cm³/mol. The van der Waals surface area contributed by atoms with Crippen LogP contribution in [0.2, 0.25) is 0 Å². The van der Waals surface area contributed by atoms with Gasteiger partial charge in [0.1, 0.15) is 5.82 Å². The van der Waals surface area contributed by atoms with Crippen molar-refractivity contribution in [3.63, 3.8) is 0 Å². The van der Waals surface area contributed by atoms with Gasteiger partial charge in [-0.05, 0) is 31.9 Å². The fourth-order valence-electron chi connectivity index (χ4n) is 1.94. The fraction of sp³-hybridized carbons (Fsp3) is 0.467. The lowest BCUT2D eigenvalue weighted by Crippen LogP contribution is -2.12. The van der Waals surface area contributed by atoms with Crippen LogP contribution in [-0.2, 0) is 17.6 Å². The number of pyridine rings is 1. The molecule has 112 valence electrons. The molecule has 0 unspecified atom stereocenters. The number of carbonyl (C=O) groups excluding carboxylic acids is 1. The molecule has 1 amide bonds. The van der Waals surface area contributed by atoms with Crippen molar-refractivity contribution in [3.8, 4) is 0 Å². The van der Waals surface area contributed by atoms with Crippen LogP contribution in [0.5, 0.6) is 0 Å². The van der Waals surface area contributed by atoms with Crippen LogP contribution in [-0.4, -0.2) is 21.0 Å². The summed E-state index contributed by atoms with van der Waals surface area (Å²) in [5.74, 6) is 1.87. The largest absolute Gasteiger partial charge is 0.339 e.